The largest absolute Gasteiger partial charge is 0.490 e. The van der Waals surface area contributed by atoms with Gasteiger partial charge in [0.2, 0.25) is 0 Å². The lowest BCUT2D eigenvalue weighted by Crippen LogP contribution is -2.31. The molecule has 0 spiro atoms. The number of aryl methyl sites for hydroxylation is 1. The van der Waals surface area contributed by atoms with E-state index in [9.17, 15) is 4.79 Å². The number of amides is 1. The SMILES string of the molecule is CCN(C(=O)c1ccccc1OCCOc1ccccc1)c1cccc(C)c1. The van der Waals surface area contributed by atoms with Crippen LogP contribution in [0.5, 0.6) is 11.5 Å². The Bertz CT molecular complexity index is 908. The Morgan fingerprint density at radius 1 is 0.857 bits per heavy atom. The van der Waals surface area contributed by atoms with Gasteiger partial charge in [-0.3, -0.25) is 4.79 Å². The summed E-state index contributed by atoms with van der Waals surface area (Å²) in [6.45, 7) is 5.33. The van der Waals surface area contributed by atoms with Crippen LogP contribution in [0.2, 0.25) is 0 Å². The zero-order valence-corrected chi connectivity index (χ0v) is 16.3. The number of hydrogen-bond acceptors (Lipinski definition) is 3. The third kappa shape index (κ3) is 4.92. The molecule has 1 amide bonds. The van der Waals surface area contributed by atoms with Gasteiger partial charge in [-0.1, -0.05) is 42.5 Å². The third-order valence-corrected chi connectivity index (χ3v) is 4.35. The van der Waals surface area contributed by atoms with Crippen LogP contribution in [0.4, 0.5) is 5.69 Å². The number of anilines is 1. The van der Waals surface area contributed by atoms with E-state index in [1.54, 1.807) is 11.0 Å². The number of carbonyl (C=O) groups excluding carboxylic acids is 1. The van der Waals surface area contributed by atoms with E-state index >= 15 is 0 Å². The molecular weight excluding hydrogens is 350 g/mol. The van der Waals surface area contributed by atoms with E-state index in [0.717, 1.165) is 17.0 Å². The predicted molar refractivity (Wildman–Crippen MR) is 112 cm³/mol. The van der Waals surface area contributed by atoms with Gasteiger partial charge in [-0.2, -0.15) is 0 Å². The van der Waals surface area contributed by atoms with Gasteiger partial charge in [0.1, 0.15) is 24.7 Å². The van der Waals surface area contributed by atoms with Crippen LogP contribution in [0.1, 0.15) is 22.8 Å². The van der Waals surface area contributed by atoms with E-state index in [1.165, 1.54) is 0 Å². The first-order valence-electron chi connectivity index (χ1n) is 9.47. The molecule has 0 N–H and O–H groups in total. The summed E-state index contributed by atoms with van der Waals surface area (Å²) >= 11 is 0. The Labute approximate surface area is 166 Å². The van der Waals surface area contributed by atoms with Crippen LogP contribution < -0.4 is 14.4 Å². The second-order valence-corrected chi connectivity index (χ2v) is 6.39. The Balaban J connectivity index is 1.69. The van der Waals surface area contributed by atoms with Gasteiger partial charge in [-0.05, 0) is 55.8 Å². The highest BCUT2D eigenvalue weighted by Gasteiger charge is 2.20. The molecule has 4 nitrogen and oxygen atoms in total. The molecule has 0 aliphatic carbocycles. The second-order valence-electron chi connectivity index (χ2n) is 6.39. The van der Waals surface area contributed by atoms with E-state index in [0.29, 0.717) is 31.1 Å². The summed E-state index contributed by atoms with van der Waals surface area (Å²) in [6, 6.07) is 24.9. The molecule has 0 bridgehead atoms. The minimum Gasteiger partial charge on any atom is -0.490 e. The van der Waals surface area contributed by atoms with Crippen molar-refractivity contribution in [2.75, 3.05) is 24.7 Å². The van der Waals surface area contributed by atoms with Crippen molar-refractivity contribution in [3.05, 3.63) is 90.0 Å². The smallest absolute Gasteiger partial charge is 0.262 e. The maximum absolute atomic E-state index is 13.2. The molecule has 0 aromatic heterocycles. The molecule has 0 atom stereocenters. The highest BCUT2D eigenvalue weighted by Crippen LogP contribution is 2.24. The molecule has 3 aromatic rings. The Hall–Kier alpha value is -3.27. The lowest BCUT2D eigenvalue weighted by atomic mass is 10.1. The summed E-state index contributed by atoms with van der Waals surface area (Å²) in [5.74, 6) is 1.29. The van der Waals surface area contributed by atoms with Crippen LogP contribution in [-0.2, 0) is 0 Å². The molecule has 0 unspecified atom stereocenters. The summed E-state index contributed by atoms with van der Waals surface area (Å²) < 4.78 is 11.5. The van der Waals surface area contributed by atoms with Crippen molar-refractivity contribution in [1.82, 2.24) is 0 Å². The number of benzene rings is 3. The summed E-state index contributed by atoms with van der Waals surface area (Å²) in [7, 11) is 0. The molecule has 0 saturated heterocycles. The summed E-state index contributed by atoms with van der Waals surface area (Å²) in [5.41, 5.74) is 2.55. The molecule has 0 radical (unpaired) electrons. The van der Waals surface area contributed by atoms with Crippen LogP contribution >= 0.6 is 0 Å². The van der Waals surface area contributed by atoms with Crippen LogP contribution in [-0.4, -0.2) is 25.7 Å². The molecule has 0 fully saturated rings. The Morgan fingerprint density at radius 2 is 1.57 bits per heavy atom. The molecule has 0 aliphatic heterocycles. The number of rotatable bonds is 8. The van der Waals surface area contributed by atoms with Gasteiger partial charge in [0.15, 0.2) is 0 Å². The second kappa shape index (κ2) is 9.60. The zero-order chi connectivity index (χ0) is 19.8. The van der Waals surface area contributed by atoms with Crippen molar-refractivity contribution >= 4 is 11.6 Å². The maximum atomic E-state index is 13.2. The normalized spacial score (nSPS) is 10.4. The van der Waals surface area contributed by atoms with Gasteiger partial charge < -0.3 is 14.4 Å². The molecular formula is C24H25NO3. The van der Waals surface area contributed by atoms with Gasteiger partial charge in [0, 0.05) is 12.2 Å². The number of nitrogens with zero attached hydrogens (tertiary/aromatic N) is 1. The van der Waals surface area contributed by atoms with E-state index in [-0.39, 0.29) is 5.91 Å². The fourth-order valence-corrected chi connectivity index (χ4v) is 2.98. The minimum atomic E-state index is -0.0762. The van der Waals surface area contributed by atoms with Gasteiger partial charge in [0.05, 0.1) is 5.56 Å². The molecule has 4 heteroatoms. The van der Waals surface area contributed by atoms with Crippen molar-refractivity contribution in [1.29, 1.82) is 0 Å². The average Bonchev–Trinajstić information content (AvgIpc) is 2.73. The van der Waals surface area contributed by atoms with Crippen molar-refractivity contribution in [3.63, 3.8) is 0 Å². The molecule has 0 heterocycles. The third-order valence-electron chi connectivity index (χ3n) is 4.35. The van der Waals surface area contributed by atoms with Gasteiger partial charge in [-0.25, -0.2) is 0 Å². The highest BCUT2D eigenvalue weighted by atomic mass is 16.5. The van der Waals surface area contributed by atoms with Gasteiger partial charge in [0.25, 0.3) is 5.91 Å². The molecule has 28 heavy (non-hydrogen) atoms. The van der Waals surface area contributed by atoms with Gasteiger partial charge >= 0.3 is 0 Å². The van der Waals surface area contributed by atoms with Crippen molar-refractivity contribution in [2.45, 2.75) is 13.8 Å². The fourth-order valence-electron chi connectivity index (χ4n) is 2.98. The first kappa shape index (κ1) is 19.5. The Morgan fingerprint density at radius 3 is 2.32 bits per heavy atom. The van der Waals surface area contributed by atoms with Crippen molar-refractivity contribution < 1.29 is 14.3 Å². The first-order chi connectivity index (χ1) is 13.7. The number of hydrogen-bond donors (Lipinski definition) is 0. The molecule has 0 saturated carbocycles. The lowest BCUT2D eigenvalue weighted by molar-refractivity contribution is 0.0983. The summed E-state index contributed by atoms with van der Waals surface area (Å²) in [6.07, 6.45) is 0. The average molecular weight is 375 g/mol. The topological polar surface area (TPSA) is 38.8 Å². The van der Waals surface area contributed by atoms with Crippen molar-refractivity contribution in [2.24, 2.45) is 0 Å². The lowest BCUT2D eigenvalue weighted by Gasteiger charge is -2.23. The van der Waals surface area contributed by atoms with E-state index in [4.69, 9.17) is 9.47 Å². The van der Waals surface area contributed by atoms with Crippen LogP contribution in [0, 0.1) is 6.92 Å². The maximum Gasteiger partial charge on any atom is 0.262 e. The van der Waals surface area contributed by atoms with E-state index in [1.807, 2.05) is 86.6 Å². The number of para-hydroxylation sites is 2. The van der Waals surface area contributed by atoms with Gasteiger partial charge in [-0.15, -0.1) is 0 Å². The molecule has 3 rings (SSSR count). The van der Waals surface area contributed by atoms with E-state index in [2.05, 4.69) is 0 Å². The highest BCUT2D eigenvalue weighted by molar-refractivity contribution is 6.07. The predicted octanol–water partition coefficient (Wildman–Crippen LogP) is 5.12. The van der Waals surface area contributed by atoms with Crippen LogP contribution in [0.3, 0.4) is 0 Å². The zero-order valence-electron chi connectivity index (χ0n) is 16.3. The number of ether oxygens (including phenoxy) is 2. The monoisotopic (exact) mass is 375 g/mol. The van der Waals surface area contributed by atoms with Crippen LogP contribution in [0.25, 0.3) is 0 Å². The van der Waals surface area contributed by atoms with Crippen molar-refractivity contribution in [3.8, 4) is 11.5 Å². The number of carbonyl (C=O) groups is 1. The Kier molecular flexibility index (Phi) is 6.68. The molecule has 0 aliphatic rings. The first-order valence-corrected chi connectivity index (χ1v) is 9.47. The molecule has 3 aromatic carbocycles. The standard InChI is InChI=1S/C24H25NO3/c1-3-25(20-11-9-10-19(2)18-20)24(26)22-14-7-8-15-23(22)28-17-16-27-21-12-5-4-6-13-21/h4-15,18H,3,16-17H2,1-2H3. The summed E-state index contributed by atoms with van der Waals surface area (Å²) in [4.78, 5) is 14.9. The summed E-state index contributed by atoms with van der Waals surface area (Å²) in [5, 5.41) is 0. The minimum absolute atomic E-state index is 0.0762. The fraction of sp³-hybridized carbons (Fsp3) is 0.208. The quantitative estimate of drug-likeness (QED) is 0.513. The molecule has 144 valence electrons. The van der Waals surface area contributed by atoms with E-state index < -0.39 is 0 Å². The van der Waals surface area contributed by atoms with Crippen LogP contribution in [0.15, 0.2) is 78.9 Å².